The van der Waals surface area contributed by atoms with Crippen LogP contribution in [0.3, 0.4) is 0 Å². The molecular weight excluding hydrogens is 584 g/mol. The summed E-state index contributed by atoms with van der Waals surface area (Å²) in [6.45, 7) is 5.17. The van der Waals surface area contributed by atoms with Crippen LogP contribution in [0, 0.1) is 0 Å². The van der Waals surface area contributed by atoms with Crippen molar-refractivity contribution in [2.45, 2.75) is 90.9 Å². The SMILES string of the molecule is CCCCCCCCOC(=O)c1ccccc1C(=O)OCCCCCCCC.O=C(O)c1ccccc1C(=O)O.c1ccccc1. The Hall–Kier alpha value is -4.46. The Balaban J connectivity index is 0.000000473. The van der Waals surface area contributed by atoms with Gasteiger partial charge in [0.05, 0.1) is 35.5 Å². The fraction of sp³-hybridized carbons (Fsp3) is 0.421. The van der Waals surface area contributed by atoms with Gasteiger partial charge in [0.1, 0.15) is 0 Å². The summed E-state index contributed by atoms with van der Waals surface area (Å²) in [5, 5.41) is 17.1. The summed E-state index contributed by atoms with van der Waals surface area (Å²) in [5.74, 6) is -3.35. The van der Waals surface area contributed by atoms with Gasteiger partial charge in [-0.3, -0.25) is 0 Å². The summed E-state index contributed by atoms with van der Waals surface area (Å²) >= 11 is 0. The molecule has 0 bridgehead atoms. The van der Waals surface area contributed by atoms with Gasteiger partial charge in [0.25, 0.3) is 0 Å². The monoisotopic (exact) mass is 634 g/mol. The minimum atomic E-state index is -1.23. The standard InChI is InChI=1S/C24H38O4.C8H6O4.C6H6/c1-3-5-7-9-11-15-19-27-23(25)21-17-13-14-18-22(21)24(26)28-20-16-12-10-8-6-4-2;9-7(10)5-3-1-2-4-6(5)8(11)12;1-2-4-6-5-3-1/h13-14,17-18H,3-12,15-16,19-20H2,1-2H3;1-4H,(H,9,10)(H,11,12);1-6H. The van der Waals surface area contributed by atoms with E-state index in [9.17, 15) is 19.2 Å². The molecule has 8 heteroatoms. The number of unbranched alkanes of at least 4 members (excludes halogenated alkanes) is 10. The lowest BCUT2D eigenvalue weighted by atomic mass is 10.1. The third-order valence-electron chi connectivity index (χ3n) is 6.88. The van der Waals surface area contributed by atoms with E-state index >= 15 is 0 Å². The lowest BCUT2D eigenvalue weighted by molar-refractivity contribution is 0.0450. The first-order chi connectivity index (χ1) is 22.3. The third-order valence-corrected chi connectivity index (χ3v) is 6.88. The second kappa shape index (κ2) is 25.8. The first-order valence-corrected chi connectivity index (χ1v) is 16.3. The number of hydrogen-bond donors (Lipinski definition) is 2. The molecule has 250 valence electrons. The molecule has 0 unspecified atom stereocenters. The highest BCUT2D eigenvalue weighted by Crippen LogP contribution is 2.14. The summed E-state index contributed by atoms with van der Waals surface area (Å²) in [4.78, 5) is 45.6. The molecule has 0 aromatic heterocycles. The molecule has 0 radical (unpaired) electrons. The normalized spacial score (nSPS) is 9.96. The number of benzene rings is 3. The largest absolute Gasteiger partial charge is 0.478 e. The van der Waals surface area contributed by atoms with Crippen LogP contribution in [-0.4, -0.2) is 47.3 Å². The molecule has 8 nitrogen and oxygen atoms in total. The number of carbonyl (C=O) groups excluding carboxylic acids is 2. The summed E-state index contributed by atoms with van der Waals surface area (Å²) in [6.07, 6.45) is 13.6. The van der Waals surface area contributed by atoms with Crippen LogP contribution < -0.4 is 0 Å². The van der Waals surface area contributed by atoms with E-state index in [-0.39, 0.29) is 11.1 Å². The third kappa shape index (κ3) is 17.7. The van der Waals surface area contributed by atoms with Crippen LogP contribution >= 0.6 is 0 Å². The van der Waals surface area contributed by atoms with E-state index in [2.05, 4.69) is 13.8 Å². The Kier molecular flexibility index (Phi) is 22.2. The van der Waals surface area contributed by atoms with Gasteiger partial charge >= 0.3 is 23.9 Å². The fourth-order valence-corrected chi connectivity index (χ4v) is 4.33. The molecule has 0 atom stereocenters. The zero-order chi connectivity index (χ0) is 33.8. The maximum atomic E-state index is 12.4. The average Bonchev–Trinajstić information content (AvgIpc) is 3.08. The average molecular weight is 635 g/mol. The van der Waals surface area contributed by atoms with Crippen LogP contribution in [0.15, 0.2) is 84.9 Å². The number of esters is 2. The highest BCUT2D eigenvalue weighted by molar-refractivity contribution is 6.03. The Morgan fingerprint density at radius 1 is 0.435 bits per heavy atom. The van der Waals surface area contributed by atoms with Gasteiger partial charge in [0.15, 0.2) is 0 Å². The first-order valence-electron chi connectivity index (χ1n) is 16.3. The fourth-order valence-electron chi connectivity index (χ4n) is 4.33. The Morgan fingerprint density at radius 3 is 1.02 bits per heavy atom. The second-order valence-corrected chi connectivity index (χ2v) is 10.7. The molecule has 0 saturated heterocycles. The molecule has 3 aromatic carbocycles. The number of ether oxygens (including phenoxy) is 2. The predicted octanol–water partition coefficient (Wildman–Crippen LogP) is 9.49. The van der Waals surface area contributed by atoms with E-state index in [0.717, 1.165) is 25.7 Å². The van der Waals surface area contributed by atoms with Crippen molar-refractivity contribution in [3.05, 3.63) is 107 Å². The van der Waals surface area contributed by atoms with Gasteiger partial charge < -0.3 is 19.7 Å². The maximum absolute atomic E-state index is 12.4. The summed E-state index contributed by atoms with van der Waals surface area (Å²) < 4.78 is 10.7. The molecule has 0 spiro atoms. The molecule has 3 aromatic rings. The number of rotatable bonds is 18. The van der Waals surface area contributed by atoms with Gasteiger partial charge in [-0.05, 0) is 37.1 Å². The van der Waals surface area contributed by atoms with Gasteiger partial charge in [0, 0.05) is 0 Å². The molecule has 0 fully saturated rings. The molecule has 2 N–H and O–H groups in total. The van der Waals surface area contributed by atoms with Crippen LogP contribution in [0.25, 0.3) is 0 Å². The summed E-state index contributed by atoms with van der Waals surface area (Å²) in [6, 6.07) is 24.2. The van der Waals surface area contributed by atoms with Crippen LogP contribution in [-0.2, 0) is 9.47 Å². The molecule has 0 amide bonds. The zero-order valence-corrected chi connectivity index (χ0v) is 27.3. The highest BCUT2D eigenvalue weighted by Gasteiger charge is 2.19. The van der Waals surface area contributed by atoms with Crippen molar-refractivity contribution in [1.82, 2.24) is 0 Å². The van der Waals surface area contributed by atoms with Gasteiger partial charge in [-0.1, -0.05) is 139 Å². The van der Waals surface area contributed by atoms with E-state index in [1.165, 1.54) is 75.6 Å². The zero-order valence-electron chi connectivity index (χ0n) is 27.3. The number of carboxylic acid groups (broad SMARTS) is 2. The van der Waals surface area contributed by atoms with Gasteiger partial charge in [-0.25, -0.2) is 19.2 Å². The molecule has 0 aliphatic heterocycles. The van der Waals surface area contributed by atoms with Crippen LogP contribution in [0.5, 0.6) is 0 Å². The molecule has 46 heavy (non-hydrogen) atoms. The lowest BCUT2D eigenvalue weighted by Gasteiger charge is -2.10. The van der Waals surface area contributed by atoms with Crippen molar-refractivity contribution >= 4 is 23.9 Å². The van der Waals surface area contributed by atoms with Crippen molar-refractivity contribution < 1.29 is 38.9 Å². The number of carbonyl (C=O) groups is 4. The van der Waals surface area contributed by atoms with E-state index in [1.807, 2.05) is 36.4 Å². The first kappa shape index (κ1) is 39.6. The minimum absolute atomic E-state index is 0.190. The smallest absolute Gasteiger partial charge is 0.339 e. The van der Waals surface area contributed by atoms with Crippen LogP contribution in [0.1, 0.15) is 132 Å². The van der Waals surface area contributed by atoms with Crippen LogP contribution in [0.2, 0.25) is 0 Å². The van der Waals surface area contributed by atoms with Crippen molar-refractivity contribution in [3.8, 4) is 0 Å². The number of aromatic carboxylic acids is 2. The maximum Gasteiger partial charge on any atom is 0.339 e. The van der Waals surface area contributed by atoms with Gasteiger partial charge in [-0.2, -0.15) is 0 Å². The second-order valence-electron chi connectivity index (χ2n) is 10.7. The van der Waals surface area contributed by atoms with E-state index in [1.54, 1.807) is 24.3 Å². The quantitative estimate of drug-likeness (QED) is 0.105. The lowest BCUT2D eigenvalue weighted by Crippen LogP contribution is -2.15. The summed E-state index contributed by atoms with van der Waals surface area (Å²) in [7, 11) is 0. The van der Waals surface area contributed by atoms with E-state index in [4.69, 9.17) is 19.7 Å². The topological polar surface area (TPSA) is 127 Å². The van der Waals surface area contributed by atoms with Crippen molar-refractivity contribution in [2.75, 3.05) is 13.2 Å². The Morgan fingerprint density at radius 2 is 0.717 bits per heavy atom. The highest BCUT2D eigenvalue weighted by atomic mass is 16.5. The number of hydrogen-bond acceptors (Lipinski definition) is 6. The molecule has 0 aliphatic rings. The molecule has 0 saturated carbocycles. The predicted molar refractivity (Wildman–Crippen MR) is 181 cm³/mol. The molecular formula is C38H50O8. The van der Waals surface area contributed by atoms with Crippen LogP contribution in [0.4, 0.5) is 0 Å². The molecule has 0 heterocycles. The van der Waals surface area contributed by atoms with Crippen molar-refractivity contribution in [1.29, 1.82) is 0 Å². The van der Waals surface area contributed by atoms with E-state index in [0.29, 0.717) is 24.3 Å². The number of carboxylic acids is 2. The Bertz CT molecular complexity index is 1160. The van der Waals surface area contributed by atoms with E-state index < -0.39 is 23.9 Å². The van der Waals surface area contributed by atoms with Crippen molar-refractivity contribution in [2.24, 2.45) is 0 Å². The minimum Gasteiger partial charge on any atom is -0.478 e. The molecule has 3 rings (SSSR count). The molecule has 0 aliphatic carbocycles. The van der Waals surface area contributed by atoms with Gasteiger partial charge in [0.2, 0.25) is 0 Å². The van der Waals surface area contributed by atoms with Gasteiger partial charge in [-0.15, -0.1) is 0 Å². The summed E-state index contributed by atoms with van der Waals surface area (Å²) in [5.41, 5.74) is 0.206. The Labute approximate surface area is 273 Å². The van der Waals surface area contributed by atoms with Crippen molar-refractivity contribution in [3.63, 3.8) is 0 Å².